The van der Waals surface area contributed by atoms with Crippen molar-refractivity contribution in [2.75, 3.05) is 7.05 Å². The SMILES string of the molecule is CN[C@@H]1CCCC[C@H]1F.Cl. The van der Waals surface area contributed by atoms with E-state index >= 15 is 0 Å². The van der Waals surface area contributed by atoms with E-state index in [-0.39, 0.29) is 18.4 Å². The molecular weight excluding hydrogens is 153 g/mol. The van der Waals surface area contributed by atoms with Crippen LogP contribution in [0.1, 0.15) is 25.7 Å². The lowest BCUT2D eigenvalue weighted by Gasteiger charge is -2.24. The van der Waals surface area contributed by atoms with E-state index in [0.717, 1.165) is 19.3 Å². The van der Waals surface area contributed by atoms with Gasteiger partial charge in [-0.3, -0.25) is 0 Å². The number of alkyl halides is 1. The second-order valence-electron chi connectivity index (χ2n) is 2.70. The molecule has 3 heteroatoms. The highest BCUT2D eigenvalue weighted by Gasteiger charge is 2.22. The Morgan fingerprint density at radius 1 is 1.30 bits per heavy atom. The molecule has 1 saturated carbocycles. The lowest BCUT2D eigenvalue weighted by molar-refractivity contribution is 0.196. The summed E-state index contributed by atoms with van der Waals surface area (Å²) in [5.41, 5.74) is 0. The highest BCUT2D eigenvalue weighted by Crippen LogP contribution is 2.20. The first kappa shape index (κ1) is 10.2. The molecule has 0 bridgehead atoms. The average Bonchev–Trinajstić information content (AvgIpc) is 1.89. The van der Waals surface area contributed by atoms with Gasteiger partial charge in [0.1, 0.15) is 6.17 Å². The van der Waals surface area contributed by atoms with Crippen LogP contribution in [0, 0.1) is 0 Å². The van der Waals surface area contributed by atoms with Gasteiger partial charge in [0.05, 0.1) is 0 Å². The predicted octanol–water partition coefficient (Wildman–Crippen LogP) is 1.91. The van der Waals surface area contributed by atoms with Crippen LogP contribution in [-0.2, 0) is 0 Å². The van der Waals surface area contributed by atoms with Crippen LogP contribution in [0.4, 0.5) is 4.39 Å². The first-order chi connectivity index (χ1) is 4.34. The Kier molecular flexibility index (Phi) is 5.00. The van der Waals surface area contributed by atoms with Crippen molar-refractivity contribution in [3.05, 3.63) is 0 Å². The maximum absolute atomic E-state index is 12.8. The Labute approximate surface area is 67.8 Å². The fourth-order valence-electron chi connectivity index (χ4n) is 1.41. The van der Waals surface area contributed by atoms with Gasteiger partial charge in [-0.15, -0.1) is 12.4 Å². The molecule has 1 aliphatic carbocycles. The molecule has 0 aromatic carbocycles. The molecule has 1 nitrogen and oxygen atoms in total. The third kappa shape index (κ3) is 2.43. The number of nitrogens with one attached hydrogen (secondary N) is 1. The fraction of sp³-hybridized carbons (Fsp3) is 1.00. The van der Waals surface area contributed by atoms with Crippen molar-refractivity contribution in [2.45, 2.75) is 37.9 Å². The normalized spacial score (nSPS) is 33.0. The van der Waals surface area contributed by atoms with E-state index in [4.69, 9.17) is 0 Å². The van der Waals surface area contributed by atoms with E-state index < -0.39 is 6.17 Å². The van der Waals surface area contributed by atoms with Crippen LogP contribution >= 0.6 is 12.4 Å². The predicted molar refractivity (Wildman–Crippen MR) is 43.5 cm³/mol. The Hall–Kier alpha value is 0.180. The molecule has 1 rings (SSSR count). The van der Waals surface area contributed by atoms with Crippen LogP contribution in [0.3, 0.4) is 0 Å². The average molecular weight is 168 g/mol. The third-order valence-corrected chi connectivity index (χ3v) is 2.05. The van der Waals surface area contributed by atoms with E-state index in [2.05, 4.69) is 5.32 Å². The molecular formula is C7H15ClFN. The summed E-state index contributed by atoms with van der Waals surface area (Å²) in [6.45, 7) is 0. The Morgan fingerprint density at radius 3 is 2.30 bits per heavy atom. The summed E-state index contributed by atoms with van der Waals surface area (Å²) in [5, 5.41) is 2.98. The van der Waals surface area contributed by atoms with Gasteiger partial charge in [0.2, 0.25) is 0 Å². The minimum atomic E-state index is -0.594. The highest BCUT2D eigenvalue weighted by atomic mass is 35.5. The summed E-state index contributed by atoms with van der Waals surface area (Å²) in [7, 11) is 1.84. The summed E-state index contributed by atoms with van der Waals surface area (Å²) in [6, 6.07) is 0.138. The van der Waals surface area contributed by atoms with E-state index in [1.54, 1.807) is 0 Å². The molecule has 62 valence electrons. The summed E-state index contributed by atoms with van der Waals surface area (Å²) >= 11 is 0. The van der Waals surface area contributed by atoms with Crippen molar-refractivity contribution in [2.24, 2.45) is 0 Å². The van der Waals surface area contributed by atoms with Gasteiger partial charge in [0, 0.05) is 6.04 Å². The van der Waals surface area contributed by atoms with Crippen molar-refractivity contribution in [3.63, 3.8) is 0 Å². The van der Waals surface area contributed by atoms with E-state index in [1.165, 1.54) is 6.42 Å². The van der Waals surface area contributed by atoms with Gasteiger partial charge >= 0.3 is 0 Å². The van der Waals surface area contributed by atoms with Gasteiger partial charge in [-0.1, -0.05) is 12.8 Å². The van der Waals surface area contributed by atoms with Crippen LogP contribution in [0.5, 0.6) is 0 Å². The molecule has 1 fully saturated rings. The zero-order valence-electron chi connectivity index (χ0n) is 6.27. The molecule has 0 heterocycles. The number of hydrogen-bond acceptors (Lipinski definition) is 1. The van der Waals surface area contributed by atoms with Crippen LogP contribution in [0.15, 0.2) is 0 Å². The zero-order chi connectivity index (χ0) is 6.69. The standard InChI is InChI=1S/C7H14FN.ClH/c1-9-7-5-3-2-4-6(7)8;/h6-7,9H,2-5H2,1H3;1H/t6-,7-;/m1./s1. The largest absolute Gasteiger partial charge is 0.314 e. The fourth-order valence-corrected chi connectivity index (χ4v) is 1.41. The van der Waals surface area contributed by atoms with Gasteiger partial charge in [-0.05, 0) is 19.9 Å². The molecule has 2 atom stereocenters. The molecule has 0 amide bonds. The van der Waals surface area contributed by atoms with Crippen molar-refractivity contribution < 1.29 is 4.39 Å². The monoisotopic (exact) mass is 167 g/mol. The smallest absolute Gasteiger partial charge is 0.115 e. The molecule has 0 radical (unpaired) electrons. The van der Waals surface area contributed by atoms with Gasteiger partial charge in [-0.2, -0.15) is 0 Å². The molecule has 0 aromatic heterocycles. The molecule has 0 aliphatic heterocycles. The molecule has 10 heavy (non-hydrogen) atoms. The summed E-state index contributed by atoms with van der Waals surface area (Å²) in [6.07, 6.45) is 3.43. The lowest BCUT2D eigenvalue weighted by atomic mass is 9.94. The van der Waals surface area contributed by atoms with E-state index in [0.29, 0.717) is 0 Å². The number of hydrogen-bond donors (Lipinski definition) is 1. The topological polar surface area (TPSA) is 12.0 Å². The van der Waals surface area contributed by atoms with Crippen molar-refractivity contribution in [3.8, 4) is 0 Å². The first-order valence-corrected chi connectivity index (χ1v) is 3.66. The first-order valence-electron chi connectivity index (χ1n) is 3.66. The second-order valence-corrected chi connectivity index (χ2v) is 2.70. The van der Waals surface area contributed by atoms with Gasteiger partial charge in [0.15, 0.2) is 0 Å². The van der Waals surface area contributed by atoms with Crippen LogP contribution < -0.4 is 5.32 Å². The maximum Gasteiger partial charge on any atom is 0.115 e. The van der Waals surface area contributed by atoms with Crippen molar-refractivity contribution >= 4 is 12.4 Å². The second kappa shape index (κ2) is 4.91. The van der Waals surface area contributed by atoms with Crippen LogP contribution in [-0.4, -0.2) is 19.3 Å². The summed E-state index contributed by atoms with van der Waals surface area (Å²) < 4.78 is 12.8. The molecule has 0 unspecified atom stereocenters. The minimum Gasteiger partial charge on any atom is -0.314 e. The molecule has 1 N–H and O–H groups in total. The Morgan fingerprint density at radius 2 is 1.90 bits per heavy atom. The summed E-state index contributed by atoms with van der Waals surface area (Å²) in [4.78, 5) is 0. The van der Waals surface area contributed by atoms with Gasteiger partial charge in [0.25, 0.3) is 0 Å². The quantitative estimate of drug-likeness (QED) is 0.629. The minimum absolute atomic E-state index is 0. The molecule has 0 aromatic rings. The molecule has 0 spiro atoms. The zero-order valence-corrected chi connectivity index (χ0v) is 7.09. The van der Waals surface area contributed by atoms with Crippen molar-refractivity contribution in [1.29, 1.82) is 0 Å². The molecule has 0 saturated heterocycles. The number of halogens is 2. The van der Waals surface area contributed by atoms with Crippen molar-refractivity contribution in [1.82, 2.24) is 5.32 Å². The lowest BCUT2D eigenvalue weighted by Crippen LogP contribution is -2.37. The maximum atomic E-state index is 12.8. The third-order valence-electron chi connectivity index (χ3n) is 2.05. The molecule has 1 aliphatic rings. The van der Waals surface area contributed by atoms with Gasteiger partial charge < -0.3 is 5.32 Å². The highest BCUT2D eigenvalue weighted by molar-refractivity contribution is 5.85. The number of rotatable bonds is 1. The van der Waals surface area contributed by atoms with Crippen LogP contribution in [0.25, 0.3) is 0 Å². The van der Waals surface area contributed by atoms with E-state index in [1.807, 2.05) is 7.05 Å². The Balaban J connectivity index is 0.000000810. The summed E-state index contributed by atoms with van der Waals surface area (Å²) in [5.74, 6) is 0. The Bertz CT molecular complexity index is 89.7. The van der Waals surface area contributed by atoms with Gasteiger partial charge in [-0.25, -0.2) is 4.39 Å². The van der Waals surface area contributed by atoms with Crippen LogP contribution in [0.2, 0.25) is 0 Å². The van der Waals surface area contributed by atoms with E-state index in [9.17, 15) is 4.39 Å².